The third-order valence-electron chi connectivity index (χ3n) is 5.55. The lowest BCUT2D eigenvalue weighted by Gasteiger charge is -2.30. The molecule has 4 nitrogen and oxygen atoms in total. The Labute approximate surface area is 247 Å². The van der Waals surface area contributed by atoms with Crippen LogP contribution in [0.5, 0.6) is 0 Å². The van der Waals surface area contributed by atoms with E-state index in [0.29, 0.717) is 0 Å². The number of hydrogen-bond acceptors (Lipinski definition) is 4. The molecule has 192 valence electrons. The first-order chi connectivity index (χ1) is 17.6. The fourth-order valence-electron chi connectivity index (χ4n) is 3.82. The smallest absolute Gasteiger partial charge is 0.0642 e. The van der Waals surface area contributed by atoms with Crippen molar-refractivity contribution in [3.63, 3.8) is 0 Å². The van der Waals surface area contributed by atoms with E-state index >= 15 is 0 Å². The van der Waals surface area contributed by atoms with Crippen LogP contribution in [0.3, 0.4) is 0 Å². The molecule has 1 heterocycles. The van der Waals surface area contributed by atoms with Crippen LogP contribution in [0.25, 0.3) is 21.5 Å². The fourth-order valence-corrected chi connectivity index (χ4v) is 5.24. The number of anilines is 2. The SMILES string of the molecule is BrCCOCCBr.Brc1ccc(N2CCOCC2)c2ccccc12.Nc1ccc(Br)c2ccccc12. The lowest BCUT2D eigenvalue weighted by molar-refractivity contribution is 0.123. The summed E-state index contributed by atoms with van der Waals surface area (Å²) in [6.07, 6.45) is 0. The number of benzene rings is 4. The Morgan fingerprint density at radius 3 is 1.75 bits per heavy atom. The van der Waals surface area contributed by atoms with E-state index in [-0.39, 0.29) is 0 Å². The zero-order valence-corrected chi connectivity index (χ0v) is 26.3. The molecular weight excluding hydrogens is 716 g/mol. The highest BCUT2D eigenvalue weighted by Crippen LogP contribution is 2.32. The molecule has 1 aliphatic rings. The molecule has 0 unspecified atom stereocenters. The van der Waals surface area contributed by atoms with Gasteiger partial charge in [0.2, 0.25) is 0 Å². The van der Waals surface area contributed by atoms with Crippen molar-refractivity contribution in [2.45, 2.75) is 0 Å². The highest BCUT2D eigenvalue weighted by Gasteiger charge is 2.14. The summed E-state index contributed by atoms with van der Waals surface area (Å²) in [5.41, 5.74) is 7.94. The second kappa shape index (κ2) is 15.9. The minimum Gasteiger partial charge on any atom is -0.398 e. The lowest BCUT2D eigenvalue weighted by atomic mass is 10.1. The van der Waals surface area contributed by atoms with E-state index in [1.165, 1.54) is 16.5 Å². The summed E-state index contributed by atoms with van der Waals surface area (Å²) >= 11 is 13.6. The average Bonchev–Trinajstić information content (AvgIpc) is 2.93. The molecule has 8 heteroatoms. The van der Waals surface area contributed by atoms with Crippen LogP contribution in [0.2, 0.25) is 0 Å². The standard InChI is InChI=1S/C14H14BrNO.C10H8BrN.C4H8Br2O/c15-13-5-6-14(16-7-9-17-10-8-16)12-4-2-1-3-11(12)13;11-9-5-6-10(12)8-4-2-1-3-7(8)9;5-1-3-7-4-2-6/h1-6H,7-10H2;1-6H,12H2;1-4H2. The van der Waals surface area contributed by atoms with Crippen LogP contribution in [0.1, 0.15) is 0 Å². The average molecular weight is 746 g/mol. The number of nitrogen functional groups attached to an aromatic ring is 1. The molecule has 0 spiro atoms. The van der Waals surface area contributed by atoms with Gasteiger partial charge in [0.05, 0.1) is 26.4 Å². The summed E-state index contributed by atoms with van der Waals surface area (Å²) in [6, 6.07) is 24.8. The predicted molar refractivity (Wildman–Crippen MR) is 169 cm³/mol. The molecule has 1 fully saturated rings. The normalized spacial score (nSPS) is 13.1. The largest absolute Gasteiger partial charge is 0.398 e. The first-order valence-corrected chi connectivity index (χ1v) is 15.5. The predicted octanol–water partition coefficient (Wildman–Crippen LogP) is 8.42. The van der Waals surface area contributed by atoms with Crippen LogP contribution in [0.4, 0.5) is 11.4 Å². The van der Waals surface area contributed by atoms with E-state index in [0.717, 1.165) is 75.6 Å². The first kappa shape index (κ1) is 29.4. The molecule has 0 radical (unpaired) electrons. The molecule has 5 rings (SSSR count). The molecule has 0 aliphatic carbocycles. The van der Waals surface area contributed by atoms with Gasteiger partial charge in [-0.05, 0) is 35.0 Å². The summed E-state index contributed by atoms with van der Waals surface area (Å²) in [5, 5.41) is 6.71. The van der Waals surface area contributed by atoms with Crippen LogP contribution in [-0.2, 0) is 9.47 Å². The van der Waals surface area contributed by atoms with Crippen LogP contribution >= 0.6 is 63.7 Å². The molecule has 0 aromatic heterocycles. The van der Waals surface area contributed by atoms with Crippen molar-refractivity contribution < 1.29 is 9.47 Å². The van der Waals surface area contributed by atoms with E-state index in [9.17, 15) is 0 Å². The van der Waals surface area contributed by atoms with Crippen LogP contribution in [0.15, 0.2) is 81.7 Å². The van der Waals surface area contributed by atoms with E-state index < -0.39 is 0 Å². The van der Waals surface area contributed by atoms with Crippen LogP contribution in [0, 0.1) is 0 Å². The highest BCUT2D eigenvalue weighted by atomic mass is 79.9. The number of fused-ring (bicyclic) bond motifs is 2. The van der Waals surface area contributed by atoms with Gasteiger partial charge in [0.1, 0.15) is 0 Å². The maximum atomic E-state index is 5.80. The molecule has 4 aromatic carbocycles. The fraction of sp³-hybridized carbons (Fsp3) is 0.286. The van der Waals surface area contributed by atoms with Gasteiger partial charge in [0, 0.05) is 54.8 Å². The van der Waals surface area contributed by atoms with Crippen molar-refractivity contribution in [3.05, 3.63) is 81.7 Å². The van der Waals surface area contributed by atoms with Gasteiger partial charge in [-0.15, -0.1) is 0 Å². The van der Waals surface area contributed by atoms with E-state index in [4.69, 9.17) is 15.2 Å². The summed E-state index contributed by atoms with van der Waals surface area (Å²) in [7, 11) is 0. The maximum Gasteiger partial charge on any atom is 0.0642 e. The Morgan fingerprint density at radius 2 is 1.19 bits per heavy atom. The summed E-state index contributed by atoms with van der Waals surface area (Å²) in [6.45, 7) is 5.23. The first-order valence-electron chi connectivity index (χ1n) is 11.7. The molecule has 0 atom stereocenters. The third kappa shape index (κ3) is 8.43. The number of halogens is 4. The van der Waals surface area contributed by atoms with Crippen molar-refractivity contribution >= 4 is 96.6 Å². The van der Waals surface area contributed by atoms with E-state index in [1.807, 2.05) is 30.3 Å². The minimum atomic E-state index is 0.811. The Hall–Kier alpha value is -1.16. The second-order valence-corrected chi connectivity index (χ2v) is 11.2. The number of ether oxygens (including phenoxy) is 2. The van der Waals surface area contributed by atoms with Gasteiger partial charge in [-0.25, -0.2) is 0 Å². The van der Waals surface area contributed by atoms with Crippen molar-refractivity contribution in [2.75, 3.05) is 60.8 Å². The zero-order chi connectivity index (χ0) is 25.8. The van der Waals surface area contributed by atoms with Gasteiger partial charge in [-0.2, -0.15) is 0 Å². The van der Waals surface area contributed by atoms with Gasteiger partial charge in [0.15, 0.2) is 0 Å². The summed E-state index contributed by atoms with van der Waals surface area (Å²) < 4.78 is 12.7. The monoisotopic (exact) mass is 742 g/mol. The molecule has 4 aromatic rings. The minimum absolute atomic E-state index is 0.811. The van der Waals surface area contributed by atoms with Gasteiger partial charge < -0.3 is 20.1 Å². The van der Waals surface area contributed by atoms with Crippen molar-refractivity contribution in [1.29, 1.82) is 0 Å². The topological polar surface area (TPSA) is 47.7 Å². The Balaban J connectivity index is 0.000000166. The van der Waals surface area contributed by atoms with Crippen LogP contribution in [-0.4, -0.2) is 50.2 Å². The quantitative estimate of drug-likeness (QED) is 0.127. The van der Waals surface area contributed by atoms with Gasteiger partial charge in [-0.1, -0.05) is 112 Å². The van der Waals surface area contributed by atoms with Gasteiger partial charge in [0.25, 0.3) is 0 Å². The Bertz CT molecular complexity index is 1190. The number of morpholine rings is 1. The molecule has 0 amide bonds. The number of nitrogens with two attached hydrogens (primary N) is 1. The van der Waals surface area contributed by atoms with E-state index in [2.05, 4.69) is 111 Å². The maximum absolute atomic E-state index is 5.80. The molecule has 36 heavy (non-hydrogen) atoms. The number of alkyl halides is 2. The molecule has 0 saturated carbocycles. The lowest BCUT2D eigenvalue weighted by Crippen LogP contribution is -2.36. The Kier molecular flexibility index (Phi) is 13.0. The molecule has 1 saturated heterocycles. The second-order valence-electron chi connectivity index (χ2n) is 7.88. The molecular formula is C28H30Br4N2O2. The summed E-state index contributed by atoms with van der Waals surface area (Å²) in [5.74, 6) is 0. The molecule has 2 N–H and O–H groups in total. The van der Waals surface area contributed by atoms with Crippen molar-refractivity contribution in [3.8, 4) is 0 Å². The zero-order valence-electron chi connectivity index (χ0n) is 19.9. The van der Waals surface area contributed by atoms with Gasteiger partial charge >= 0.3 is 0 Å². The number of rotatable bonds is 5. The third-order valence-corrected chi connectivity index (χ3v) is 7.58. The van der Waals surface area contributed by atoms with Gasteiger partial charge in [-0.3, -0.25) is 0 Å². The highest BCUT2D eigenvalue weighted by molar-refractivity contribution is 9.11. The summed E-state index contributed by atoms with van der Waals surface area (Å²) in [4.78, 5) is 2.40. The van der Waals surface area contributed by atoms with Crippen molar-refractivity contribution in [1.82, 2.24) is 0 Å². The van der Waals surface area contributed by atoms with Crippen LogP contribution < -0.4 is 10.6 Å². The number of nitrogens with zero attached hydrogens (tertiary/aromatic N) is 1. The van der Waals surface area contributed by atoms with Crippen molar-refractivity contribution in [2.24, 2.45) is 0 Å². The Morgan fingerprint density at radius 1 is 0.694 bits per heavy atom. The van der Waals surface area contributed by atoms with E-state index in [1.54, 1.807) is 0 Å². The molecule has 1 aliphatic heterocycles. The number of hydrogen-bond donors (Lipinski definition) is 1. The molecule has 0 bridgehead atoms.